The van der Waals surface area contributed by atoms with Gasteiger partial charge in [-0.05, 0) is 41.5 Å². The zero-order valence-corrected chi connectivity index (χ0v) is 17.6. The average molecular weight is 455 g/mol. The summed E-state index contributed by atoms with van der Waals surface area (Å²) < 4.78 is 47.2. The fraction of sp³-hybridized carbons (Fsp3) is 0.167. The molecule has 4 aromatic rings. The molecule has 1 aromatic heterocycles. The number of carbonyl (C=O) groups excluding carboxylic acids is 1. The first kappa shape index (κ1) is 22.2. The van der Waals surface area contributed by atoms with Crippen LogP contribution >= 0.6 is 0 Å². The van der Waals surface area contributed by atoms with E-state index in [-0.39, 0.29) is 24.6 Å². The van der Waals surface area contributed by atoms with Crippen LogP contribution in [0.4, 0.5) is 13.2 Å². The third-order valence-electron chi connectivity index (χ3n) is 5.21. The zero-order valence-electron chi connectivity index (χ0n) is 17.6. The van der Waals surface area contributed by atoms with Gasteiger partial charge in [-0.25, -0.2) is 4.79 Å². The lowest BCUT2D eigenvalue weighted by atomic mass is 10.1. The molecule has 0 saturated heterocycles. The number of nitrogens with one attached hydrogen (secondary N) is 2. The fourth-order valence-corrected chi connectivity index (χ4v) is 3.43. The number of nitrogens with zero attached hydrogens (tertiary/aromatic N) is 1. The Morgan fingerprint density at radius 1 is 1.03 bits per heavy atom. The number of aromatic amines is 1. The number of imidazole rings is 1. The molecule has 0 atom stereocenters. The van der Waals surface area contributed by atoms with Gasteiger partial charge in [-0.1, -0.05) is 36.4 Å². The lowest BCUT2D eigenvalue weighted by Gasteiger charge is -2.16. The van der Waals surface area contributed by atoms with Gasteiger partial charge in [-0.3, -0.25) is 9.36 Å². The van der Waals surface area contributed by atoms with E-state index < -0.39 is 17.6 Å². The van der Waals surface area contributed by atoms with Gasteiger partial charge in [0.2, 0.25) is 0 Å². The number of amides is 1. The normalized spacial score (nSPS) is 11.5. The minimum atomic E-state index is -4.57. The standard InChI is InChI=1S/C24H20F3N3O3/c1-30-20-10-8-17(12-19(20)29-23(30)32)22(31)28-13-16-7-9-18(24(25,26)27)21(11-16)33-14-15-5-3-2-4-6-15/h2-12H,13-14H2,1H3,(H,28,31)(H,29,32). The van der Waals surface area contributed by atoms with Crippen molar-refractivity contribution in [1.82, 2.24) is 14.9 Å². The van der Waals surface area contributed by atoms with Crippen LogP contribution < -0.4 is 15.7 Å². The first-order valence-corrected chi connectivity index (χ1v) is 10.1. The summed E-state index contributed by atoms with van der Waals surface area (Å²) in [6.07, 6.45) is -4.57. The Bertz CT molecular complexity index is 1360. The SMILES string of the molecule is Cn1c(=O)[nH]c2cc(C(=O)NCc3ccc(C(F)(F)F)c(OCc4ccccc4)c3)ccc21. The van der Waals surface area contributed by atoms with Crippen molar-refractivity contribution in [1.29, 1.82) is 0 Å². The number of rotatable bonds is 6. The van der Waals surface area contributed by atoms with Crippen molar-refractivity contribution in [2.24, 2.45) is 7.05 Å². The monoisotopic (exact) mass is 455 g/mol. The van der Waals surface area contributed by atoms with Crippen LogP contribution in [0.5, 0.6) is 5.75 Å². The summed E-state index contributed by atoms with van der Waals surface area (Å²) in [5, 5.41) is 2.69. The molecule has 1 amide bonds. The minimum absolute atomic E-state index is 0.00200. The summed E-state index contributed by atoms with van der Waals surface area (Å²) >= 11 is 0. The number of ether oxygens (including phenoxy) is 1. The summed E-state index contributed by atoms with van der Waals surface area (Å²) in [7, 11) is 1.61. The zero-order chi connectivity index (χ0) is 23.6. The molecular weight excluding hydrogens is 435 g/mol. The van der Waals surface area contributed by atoms with Crippen LogP contribution in [0.1, 0.15) is 27.0 Å². The molecule has 33 heavy (non-hydrogen) atoms. The molecule has 0 aliphatic rings. The van der Waals surface area contributed by atoms with Crippen LogP contribution in [0.2, 0.25) is 0 Å². The topological polar surface area (TPSA) is 76.1 Å². The molecule has 0 bridgehead atoms. The van der Waals surface area contributed by atoms with Gasteiger partial charge in [0, 0.05) is 19.2 Å². The number of H-pyrrole nitrogens is 1. The number of hydrogen-bond acceptors (Lipinski definition) is 3. The van der Waals surface area contributed by atoms with E-state index in [0.29, 0.717) is 22.2 Å². The number of fused-ring (bicyclic) bond motifs is 1. The van der Waals surface area contributed by atoms with Gasteiger partial charge in [-0.15, -0.1) is 0 Å². The van der Waals surface area contributed by atoms with Crippen molar-refractivity contribution in [2.75, 3.05) is 0 Å². The maximum Gasteiger partial charge on any atom is 0.419 e. The Labute approximate surface area is 186 Å². The Morgan fingerprint density at radius 3 is 2.52 bits per heavy atom. The van der Waals surface area contributed by atoms with E-state index in [0.717, 1.165) is 11.6 Å². The number of aromatic nitrogens is 2. The van der Waals surface area contributed by atoms with Crippen molar-refractivity contribution in [3.05, 3.63) is 99.5 Å². The number of carbonyl (C=O) groups is 1. The van der Waals surface area contributed by atoms with Gasteiger partial charge >= 0.3 is 11.9 Å². The lowest BCUT2D eigenvalue weighted by Crippen LogP contribution is -2.23. The Balaban J connectivity index is 1.50. The fourth-order valence-electron chi connectivity index (χ4n) is 3.43. The second-order valence-electron chi connectivity index (χ2n) is 7.51. The molecule has 0 aliphatic heterocycles. The number of hydrogen-bond donors (Lipinski definition) is 2. The third-order valence-corrected chi connectivity index (χ3v) is 5.21. The third kappa shape index (κ3) is 4.92. The summed E-state index contributed by atoms with van der Waals surface area (Å²) in [4.78, 5) is 26.9. The largest absolute Gasteiger partial charge is 0.488 e. The second-order valence-corrected chi connectivity index (χ2v) is 7.51. The van der Waals surface area contributed by atoms with E-state index in [1.807, 2.05) is 0 Å². The minimum Gasteiger partial charge on any atom is -0.488 e. The highest BCUT2D eigenvalue weighted by molar-refractivity contribution is 5.97. The molecule has 0 aliphatic carbocycles. The van der Waals surface area contributed by atoms with Crippen LogP contribution in [-0.2, 0) is 26.4 Å². The van der Waals surface area contributed by atoms with E-state index in [1.54, 1.807) is 55.6 Å². The highest BCUT2D eigenvalue weighted by atomic mass is 19.4. The van der Waals surface area contributed by atoms with E-state index in [2.05, 4.69) is 10.3 Å². The quantitative estimate of drug-likeness (QED) is 0.453. The van der Waals surface area contributed by atoms with Crippen LogP contribution in [0.25, 0.3) is 11.0 Å². The van der Waals surface area contributed by atoms with Crippen LogP contribution in [-0.4, -0.2) is 15.5 Å². The smallest absolute Gasteiger partial charge is 0.419 e. The van der Waals surface area contributed by atoms with Crippen LogP contribution in [0, 0.1) is 0 Å². The number of benzene rings is 3. The molecule has 6 nitrogen and oxygen atoms in total. The Hall–Kier alpha value is -4.01. The van der Waals surface area contributed by atoms with Gasteiger partial charge in [0.25, 0.3) is 5.91 Å². The highest BCUT2D eigenvalue weighted by Crippen LogP contribution is 2.37. The molecule has 0 radical (unpaired) electrons. The average Bonchev–Trinajstić information content (AvgIpc) is 3.08. The summed E-state index contributed by atoms with van der Waals surface area (Å²) in [6, 6.07) is 17.2. The lowest BCUT2D eigenvalue weighted by molar-refractivity contribution is -0.139. The molecule has 1 heterocycles. The number of alkyl halides is 3. The van der Waals surface area contributed by atoms with E-state index >= 15 is 0 Å². The summed E-state index contributed by atoms with van der Waals surface area (Å²) in [5.74, 6) is -0.727. The molecule has 0 spiro atoms. The summed E-state index contributed by atoms with van der Waals surface area (Å²) in [5.41, 5.74) is 1.49. The number of aryl methyl sites for hydroxylation is 1. The maximum atomic E-state index is 13.4. The second kappa shape index (κ2) is 8.85. The van der Waals surface area contributed by atoms with Crippen molar-refractivity contribution in [3.63, 3.8) is 0 Å². The van der Waals surface area contributed by atoms with Crippen LogP contribution in [0.3, 0.4) is 0 Å². The molecule has 4 rings (SSSR count). The Kier molecular flexibility index (Phi) is 5.95. The molecule has 170 valence electrons. The number of halogens is 3. The Morgan fingerprint density at radius 2 is 1.79 bits per heavy atom. The summed E-state index contributed by atoms with van der Waals surface area (Å²) in [6.45, 7) is -0.0168. The molecule has 9 heteroatoms. The predicted molar refractivity (Wildman–Crippen MR) is 117 cm³/mol. The van der Waals surface area contributed by atoms with E-state index in [4.69, 9.17) is 4.74 Å². The van der Waals surface area contributed by atoms with Gasteiger partial charge in [0.1, 0.15) is 12.4 Å². The molecule has 0 unspecified atom stereocenters. The first-order chi connectivity index (χ1) is 15.7. The molecular formula is C24H20F3N3O3. The molecule has 0 fully saturated rings. The van der Waals surface area contributed by atoms with E-state index in [9.17, 15) is 22.8 Å². The van der Waals surface area contributed by atoms with Crippen LogP contribution in [0.15, 0.2) is 71.5 Å². The first-order valence-electron chi connectivity index (χ1n) is 10.1. The molecule has 3 aromatic carbocycles. The van der Waals surface area contributed by atoms with Gasteiger partial charge in [0.05, 0.1) is 16.6 Å². The van der Waals surface area contributed by atoms with E-state index in [1.165, 1.54) is 16.7 Å². The van der Waals surface area contributed by atoms with Crippen molar-refractivity contribution in [2.45, 2.75) is 19.3 Å². The highest BCUT2D eigenvalue weighted by Gasteiger charge is 2.34. The van der Waals surface area contributed by atoms with Crippen molar-refractivity contribution >= 4 is 16.9 Å². The van der Waals surface area contributed by atoms with Crippen molar-refractivity contribution < 1.29 is 22.7 Å². The molecule has 0 saturated carbocycles. The van der Waals surface area contributed by atoms with Gasteiger partial charge < -0.3 is 15.0 Å². The van der Waals surface area contributed by atoms with Crippen molar-refractivity contribution in [3.8, 4) is 5.75 Å². The maximum absolute atomic E-state index is 13.4. The predicted octanol–water partition coefficient (Wildman–Crippen LogP) is 4.39. The molecule has 2 N–H and O–H groups in total. The van der Waals surface area contributed by atoms with Gasteiger partial charge in [0.15, 0.2) is 0 Å². The van der Waals surface area contributed by atoms with Gasteiger partial charge in [-0.2, -0.15) is 13.2 Å².